The largest absolute Gasteiger partial charge is 0.375 e. The second kappa shape index (κ2) is 5.06. The Kier molecular flexibility index (Phi) is 4.09. The molecule has 0 aromatic carbocycles. The molecule has 1 heteroatoms. The molecule has 2 fully saturated rings. The van der Waals surface area contributed by atoms with E-state index in [0.29, 0.717) is 16.7 Å². The summed E-state index contributed by atoms with van der Waals surface area (Å²) in [4.78, 5) is 0. The van der Waals surface area contributed by atoms with E-state index in [1.165, 1.54) is 32.1 Å². The molecule has 1 nitrogen and oxygen atoms in total. The van der Waals surface area contributed by atoms with Gasteiger partial charge in [-0.25, -0.2) is 0 Å². The lowest BCUT2D eigenvalue weighted by Crippen LogP contribution is -2.57. The molecule has 0 aromatic heterocycles. The molecular weight excluding hydrogens is 232 g/mol. The summed E-state index contributed by atoms with van der Waals surface area (Å²) >= 11 is 0. The SMILES string of the molecule is CCCO[C@@]1(C)CC[C@H]2C(C)(C)CCC[C@]2(C)[C@@H]1C. The topological polar surface area (TPSA) is 9.23 Å². The molecule has 0 saturated heterocycles. The van der Waals surface area contributed by atoms with Crippen molar-refractivity contribution in [2.24, 2.45) is 22.7 Å². The third-order valence-electron chi connectivity index (χ3n) is 6.75. The van der Waals surface area contributed by atoms with Crippen LogP contribution in [0.4, 0.5) is 0 Å². The van der Waals surface area contributed by atoms with Gasteiger partial charge in [-0.05, 0) is 61.7 Å². The second-order valence-corrected chi connectivity index (χ2v) is 8.32. The number of hydrogen-bond donors (Lipinski definition) is 0. The van der Waals surface area contributed by atoms with Gasteiger partial charge >= 0.3 is 0 Å². The first kappa shape index (κ1) is 15.4. The van der Waals surface area contributed by atoms with Gasteiger partial charge in [0.15, 0.2) is 0 Å². The van der Waals surface area contributed by atoms with Gasteiger partial charge in [0, 0.05) is 6.61 Å². The Hall–Kier alpha value is -0.0400. The zero-order chi connectivity index (χ0) is 14.3. The molecule has 2 rings (SSSR count). The van der Waals surface area contributed by atoms with Gasteiger partial charge in [-0.1, -0.05) is 41.0 Å². The lowest BCUT2D eigenvalue weighted by atomic mass is 9.46. The highest BCUT2D eigenvalue weighted by molar-refractivity contribution is 5.06. The van der Waals surface area contributed by atoms with Crippen molar-refractivity contribution >= 4 is 0 Å². The van der Waals surface area contributed by atoms with E-state index in [9.17, 15) is 0 Å². The maximum atomic E-state index is 6.31. The zero-order valence-electron chi connectivity index (χ0n) is 14.0. The number of rotatable bonds is 3. The Labute approximate surface area is 120 Å². The summed E-state index contributed by atoms with van der Waals surface area (Å²) in [6, 6.07) is 0. The molecule has 0 spiro atoms. The van der Waals surface area contributed by atoms with Crippen LogP contribution < -0.4 is 0 Å². The van der Waals surface area contributed by atoms with E-state index in [-0.39, 0.29) is 5.60 Å². The summed E-state index contributed by atoms with van der Waals surface area (Å²) in [6.45, 7) is 15.5. The third kappa shape index (κ3) is 2.48. The van der Waals surface area contributed by atoms with E-state index >= 15 is 0 Å². The summed E-state index contributed by atoms with van der Waals surface area (Å²) < 4.78 is 6.31. The van der Waals surface area contributed by atoms with Crippen LogP contribution in [0.5, 0.6) is 0 Å². The first-order chi connectivity index (χ1) is 8.76. The van der Waals surface area contributed by atoms with Crippen molar-refractivity contribution in [2.75, 3.05) is 6.61 Å². The van der Waals surface area contributed by atoms with Crippen LogP contribution >= 0.6 is 0 Å². The molecule has 0 radical (unpaired) electrons. The molecule has 0 N–H and O–H groups in total. The molecule has 0 unspecified atom stereocenters. The van der Waals surface area contributed by atoms with Gasteiger partial charge in [-0.3, -0.25) is 0 Å². The van der Waals surface area contributed by atoms with Crippen LogP contribution in [-0.4, -0.2) is 12.2 Å². The standard InChI is InChI=1S/C18H34O/c1-7-13-19-18(6)12-9-15-16(3,4)10-8-11-17(15,5)14(18)2/h14-15H,7-13H2,1-6H3/t14-,15-,17+,18-/m0/s1. The monoisotopic (exact) mass is 266 g/mol. The van der Waals surface area contributed by atoms with E-state index < -0.39 is 0 Å². The van der Waals surface area contributed by atoms with Gasteiger partial charge < -0.3 is 4.74 Å². The van der Waals surface area contributed by atoms with Crippen molar-refractivity contribution in [2.45, 2.75) is 85.7 Å². The van der Waals surface area contributed by atoms with Crippen molar-refractivity contribution in [3.63, 3.8) is 0 Å². The Morgan fingerprint density at radius 3 is 2.37 bits per heavy atom. The molecule has 2 saturated carbocycles. The molecule has 0 amide bonds. The van der Waals surface area contributed by atoms with Crippen LogP contribution in [0.3, 0.4) is 0 Å². The van der Waals surface area contributed by atoms with Gasteiger partial charge in [0.1, 0.15) is 0 Å². The molecule has 0 bridgehead atoms. The molecule has 19 heavy (non-hydrogen) atoms. The summed E-state index contributed by atoms with van der Waals surface area (Å²) in [5, 5.41) is 0. The smallest absolute Gasteiger partial charge is 0.0685 e. The lowest BCUT2D eigenvalue weighted by molar-refractivity contribution is -0.185. The van der Waals surface area contributed by atoms with E-state index in [1.807, 2.05) is 0 Å². The number of hydrogen-bond acceptors (Lipinski definition) is 1. The van der Waals surface area contributed by atoms with Crippen LogP contribution in [0.1, 0.15) is 80.1 Å². The van der Waals surface area contributed by atoms with E-state index in [0.717, 1.165) is 18.9 Å². The average molecular weight is 266 g/mol. The van der Waals surface area contributed by atoms with E-state index in [2.05, 4.69) is 41.5 Å². The minimum Gasteiger partial charge on any atom is -0.375 e. The fourth-order valence-electron chi connectivity index (χ4n) is 5.28. The highest BCUT2D eigenvalue weighted by Gasteiger charge is 2.56. The molecule has 0 heterocycles. The highest BCUT2D eigenvalue weighted by atomic mass is 16.5. The van der Waals surface area contributed by atoms with Gasteiger partial charge in [-0.2, -0.15) is 0 Å². The van der Waals surface area contributed by atoms with E-state index in [1.54, 1.807) is 0 Å². The zero-order valence-corrected chi connectivity index (χ0v) is 14.0. The van der Waals surface area contributed by atoms with Crippen molar-refractivity contribution in [1.82, 2.24) is 0 Å². The van der Waals surface area contributed by atoms with Gasteiger partial charge in [0.05, 0.1) is 5.60 Å². The normalized spacial score (nSPS) is 45.8. The van der Waals surface area contributed by atoms with Crippen molar-refractivity contribution < 1.29 is 4.74 Å². The molecule has 4 atom stereocenters. The van der Waals surface area contributed by atoms with Gasteiger partial charge in [-0.15, -0.1) is 0 Å². The molecule has 0 aromatic rings. The maximum Gasteiger partial charge on any atom is 0.0685 e. The van der Waals surface area contributed by atoms with Crippen LogP contribution in [0.25, 0.3) is 0 Å². The Bertz CT molecular complexity index is 322. The minimum atomic E-state index is 0.106. The summed E-state index contributed by atoms with van der Waals surface area (Å²) in [7, 11) is 0. The Morgan fingerprint density at radius 2 is 1.74 bits per heavy atom. The second-order valence-electron chi connectivity index (χ2n) is 8.32. The minimum absolute atomic E-state index is 0.106. The average Bonchev–Trinajstić information content (AvgIpc) is 2.32. The van der Waals surface area contributed by atoms with Gasteiger partial charge in [0.2, 0.25) is 0 Å². The molecule has 2 aliphatic carbocycles. The summed E-state index contributed by atoms with van der Waals surface area (Å²) in [5.74, 6) is 1.55. The van der Waals surface area contributed by atoms with Crippen LogP contribution in [0.15, 0.2) is 0 Å². The van der Waals surface area contributed by atoms with Gasteiger partial charge in [0.25, 0.3) is 0 Å². The molecular formula is C18H34O. The third-order valence-corrected chi connectivity index (χ3v) is 6.75. The van der Waals surface area contributed by atoms with E-state index in [4.69, 9.17) is 4.74 Å². The van der Waals surface area contributed by atoms with Crippen LogP contribution in [-0.2, 0) is 4.74 Å². The molecule has 0 aliphatic heterocycles. The van der Waals surface area contributed by atoms with Crippen LogP contribution in [0, 0.1) is 22.7 Å². The Morgan fingerprint density at radius 1 is 1.05 bits per heavy atom. The fraction of sp³-hybridized carbons (Fsp3) is 1.00. The Balaban J connectivity index is 2.23. The lowest BCUT2D eigenvalue weighted by Gasteiger charge is -2.61. The molecule has 112 valence electrons. The highest BCUT2D eigenvalue weighted by Crippen LogP contribution is 2.62. The number of fused-ring (bicyclic) bond motifs is 1. The van der Waals surface area contributed by atoms with Crippen molar-refractivity contribution in [3.05, 3.63) is 0 Å². The summed E-state index contributed by atoms with van der Waals surface area (Å²) in [5.41, 5.74) is 1.10. The first-order valence-electron chi connectivity index (χ1n) is 8.40. The molecule has 2 aliphatic rings. The number of ether oxygens (including phenoxy) is 1. The van der Waals surface area contributed by atoms with Crippen molar-refractivity contribution in [3.8, 4) is 0 Å². The maximum absolute atomic E-state index is 6.31. The first-order valence-corrected chi connectivity index (χ1v) is 8.40. The summed E-state index contributed by atoms with van der Waals surface area (Å²) in [6.07, 6.45) is 7.94. The fourth-order valence-corrected chi connectivity index (χ4v) is 5.28. The van der Waals surface area contributed by atoms with Crippen molar-refractivity contribution in [1.29, 1.82) is 0 Å². The predicted octanol–water partition coefficient (Wildman–Crippen LogP) is 5.43. The predicted molar refractivity (Wildman–Crippen MR) is 82.3 cm³/mol. The van der Waals surface area contributed by atoms with Crippen LogP contribution in [0.2, 0.25) is 0 Å². The quantitative estimate of drug-likeness (QED) is 0.661.